The summed E-state index contributed by atoms with van der Waals surface area (Å²) < 4.78 is 11.0. The van der Waals surface area contributed by atoms with Gasteiger partial charge < -0.3 is 14.8 Å². The number of nitrogens with one attached hydrogen (secondary N) is 1. The Bertz CT molecular complexity index is 376. The number of hydrogen-bond donors (Lipinski definition) is 1. The summed E-state index contributed by atoms with van der Waals surface area (Å²) in [6.07, 6.45) is 0. The molecule has 5 heteroatoms. The maximum absolute atomic E-state index is 5.78. The van der Waals surface area contributed by atoms with Crippen LogP contribution in [0.1, 0.15) is 6.92 Å². The van der Waals surface area contributed by atoms with Crippen molar-refractivity contribution in [2.75, 3.05) is 39.9 Å². The summed E-state index contributed by atoms with van der Waals surface area (Å²) in [5.41, 5.74) is 0. The average Bonchev–Trinajstić information content (AvgIpc) is 2.39. The van der Waals surface area contributed by atoms with Gasteiger partial charge in [0.15, 0.2) is 11.5 Å². The van der Waals surface area contributed by atoms with Crippen molar-refractivity contribution < 1.29 is 9.47 Å². The Balaban J connectivity index is 0.00000180. The van der Waals surface area contributed by atoms with Crippen molar-refractivity contribution in [1.82, 2.24) is 10.2 Å². The van der Waals surface area contributed by atoms with E-state index < -0.39 is 0 Å². The van der Waals surface area contributed by atoms with E-state index in [1.165, 1.54) is 0 Å². The van der Waals surface area contributed by atoms with Crippen molar-refractivity contribution in [3.63, 3.8) is 0 Å². The molecular weight excluding hydrogens is 264 g/mol. The molecule has 0 radical (unpaired) electrons. The molecule has 0 aromatic heterocycles. The van der Waals surface area contributed by atoms with Crippen LogP contribution in [0.2, 0.25) is 0 Å². The van der Waals surface area contributed by atoms with E-state index in [0.717, 1.165) is 37.7 Å². The minimum atomic E-state index is 0. The third-order valence-electron chi connectivity index (χ3n) is 3.19. The highest BCUT2D eigenvalue weighted by atomic mass is 35.5. The van der Waals surface area contributed by atoms with Gasteiger partial charge in [-0.3, -0.25) is 4.90 Å². The smallest absolute Gasteiger partial charge is 0.161 e. The zero-order chi connectivity index (χ0) is 12.8. The predicted octanol–water partition coefficient (Wildman–Crippen LogP) is 1.79. The number of piperazine rings is 1. The first-order valence-electron chi connectivity index (χ1n) is 6.51. The highest BCUT2D eigenvalue weighted by molar-refractivity contribution is 5.85. The molecule has 1 aromatic rings. The molecule has 1 saturated heterocycles. The summed E-state index contributed by atoms with van der Waals surface area (Å²) >= 11 is 0. The van der Waals surface area contributed by atoms with Crippen molar-refractivity contribution in [3.8, 4) is 11.5 Å². The van der Waals surface area contributed by atoms with Crippen LogP contribution in [-0.4, -0.2) is 50.8 Å². The Hall–Kier alpha value is -0.970. The third kappa shape index (κ3) is 4.90. The van der Waals surface area contributed by atoms with Gasteiger partial charge in [-0.25, -0.2) is 0 Å². The van der Waals surface area contributed by atoms with Crippen LogP contribution in [0.5, 0.6) is 11.5 Å². The summed E-state index contributed by atoms with van der Waals surface area (Å²) in [5, 5.41) is 3.44. The fourth-order valence-corrected chi connectivity index (χ4v) is 2.24. The first-order valence-corrected chi connectivity index (χ1v) is 6.51. The first kappa shape index (κ1) is 16.1. The SMILES string of the molecule is COc1ccccc1OCCN1CCNC(C)C1.Cl. The standard InChI is InChI=1S/C14H22N2O2.ClH/c1-12-11-16(8-7-15-12)9-10-18-14-6-4-3-5-13(14)17-2;/h3-6,12,15H,7-11H2,1-2H3;1H. The molecule has 1 unspecified atom stereocenters. The molecule has 4 nitrogen and oxygen atoms in total. The fraction of sp³-hybridized carbons (Fsp3) is 0.571. The molecule has 0 aliphatic carbocycles. The lowest BCUT2D eigenvalue weighted by Gasteiger charge is -2.31. The van der Waals surface area contributed by atoms with Gasteiger partial charge in [-0.15, -0.1) is 12.4 Å². The van der Waals surface area contributed by atoms with Crippen LogP contribution in [0.3, 0.4) is 0 Å². The summed E-state index contributed by atoms with van der Waals surface area (Å²) in [6, 6.07) is 8.35. The van der Waals surface area contributed by atoms with Gasteiger partial charge in [0, 0.05) is 32.2 Å². The lowest BCUT2D eigenvalue weighted by atomic mass is 10.2. The quantitative estimate of drug-likeness (QED) is 0.895. The van der Waals surface area contributed by atoms with Crippen LogP contribution >= 0.6 is 12.4 Å². The maximum atomic E-state index is 5.78. The topological polar surface area (TPSA) is 33.7 Å². The summed E-state index contributed by atoms with van der Waals surface area (Å²) in [7, 11) is 1.67. The van der Waals surface area contributed by atoms with Crippen LogP contribution in [-0.2, 0) is 0 Å². The van der Waals surface area contributed by atoms with Gasteiger partial charge in [-0.2, -0.15) is 0 Å². The van der Waals surface area contributed by atoms with E-state index in [4.69, 9.17) is 9.47 Å². The largest absolute Gasteiger partial charge is 0.493 e. The Morgan fingerprint density at radius 2 is 2.05 bits per heavy atom. The number of para-hydroxylation sites is 2. The monoisotopic (exact) mass is 286 g/mol. The third-order valence-corrected chi connectivity index (χ3v) is 3.19. The lowest BCUT2D eigenvalue weighted by molar-refractivity contribution is 0.168. The number of methoxy groups -OCH3 is 1. The number of ether oxygens (including phenoxy) is 2. The van der Waals surface area contributed by atoms with Gasteiger partial charge in [-0.05, 0) is 19.1 Å². The van der Waals surface area contributed by atoms with Gasteiger partial charge in [0.05, 0.1) is 7.11 Å². The number of benzene rings is 1. The number of halogens is 1. The fourth-order valence-electron chi connectivity index (χ4n) is 2.24. The number of nitrogens with zero attached hydrogens (tertiary/aromatic N) is 1. The molecule has 1 atom stereocenters. The molecule has 1 fully saturated rings. The van der Waals surface area contributed by atoms with Gasteiger partial charge in [0.2, 0.25) is 0 Å². The first-order chi connectivity index (χ1) is 8.79. The van der Waals surface area contributed by atoms with Gasteiger partial charge in [-0.1, -0.05) is 12.1 Å². The van der Waals surface area contributed by atoms with E-state index in [1.807, 2.05) is 24.3 Å². The number of rotatable bonds is 5. The number of hydrogen-bond acceptors (Lipinski definition) is 4. The van der Waals surface area contributed by atoms with Crippen LogP contribution in [0.25, 0.3) is 0 Å². The Labute approximate surface area is 121 Å². The predicted molar refractivity (Wildman–Crippen MR) is 79.6 cm³/mol. The lowest BCUT2D eigenvalue weighted by Crippen LogP contribution is -2.50. The van der Waals surface area contributed by atoms with E-state index >= 15 is 0 Å². The van der Waals surface area contributed by atoms with E-state index in [0.29, 0.717) is 12.6 Å². The minimum absolute atomic E-state index is 0. The molecular formula is C14H23ClN2O2. The highest BCUT2D eigenvalue weighted by Crippen LogP contribution is 2.25. The highest BCUT2D eigenvalue weighted by Gasteiger charge is 2.15. The van der Waals surface area contributed by atoms with E-state index in [1.54, 1.807) is 7.11 Å². The second kappa shape index (κ2) is 8.25. The van der Waals surface area contributed by atoms with Gasteiger partial charge >= 0.3 is 0 Å². The van der Waals surface area contributed by atoms with Crippen LogP contribution in [0, 0.1) is 0 Å². The van der Waals surface area contributed by atoms with Gasteiger partial charge in [0.25, 0.3) is 0 Å². The second-order valence-corrected chi connectivity index (χ2v) is 4.66. The molecule has 1 aromatic carbocycles. The Morgan fingerprint density at radius 1 is 1.32 bits per heavy atom. The van der Waals surface area contributed by atoms with E-state index in [9.17, 15) is 0 Å². The summed E-state index contributed by atoms with van der Waals surface area (Å²) in [5.74, 6) is 1.62. The van der Waals surface area contributed by atoms with Crippen molar-refractivity contribution in [2.45, 2.75) is 13.0 Å². The summed E-state index contributed by atoms with van der Waals surface area (Å²) in [6.45, 7) is 7.13. The van der Waals surface area contributed by atoms with Crippen molar-refractivity contribution >= 4 is 12.4 Å². The van der Waals surface area contributed by atoms with Crippen molar-refractivity contribution in [3.05, 3.63) is 24.3 Å². The maximum Gasteiger partial charge on any atom is 0.161 e. The van der Waals surface area contributed by atoms with E-state index in [-0.39, 0.29) is 12.4 Å². The molecule has 0 bridgehead atoms. The van der Waals surface area contributed by atoms with Gasteiger partial charge in [0.1, 0.15) is 6.61 Å². The molecule has 108 valence electrons. The normalized spacial score (nSPS) is 19.6. The summed E-state index contributed by atoms with van der Waals surface area (Å²) in [4.78, 5) is 2.43. The minimum Gasteiger partial charge on any atom is -0.493 e. The van der Waals surface area contributed by atoms with Crippen LogP contribution in [0.4, 0.5) is 0 Å². The molecule has 2 rings (SSSR count). The zero-order valence-corrected chi connectivity index (χ0v) is 12.4. The van der Waals surface area contributed by atoms with Crippen molar-refractivity contribution in [1.29, 1.82) is 0 Å². The molecule has 1 aliphatic heterocycles. The second-order valence-electron chi connectivity index (χ2n) is 4.66. The zero-order valence-electron chi connectivity index (χ0n) is 11.6. The molecule has 0 saturated carbocycles. The molecule has 19 heavy (non-hydrogen) atoms. The van der Waals surface area contributed by atoms with E-state index in [2.05, 4.69) is 17.1 Å². The van der Waals surface area contributed by atoms with Crippen molar-refractivity contribution in [2.24, 2.45) is 0 Å². The molecule has 1 aliphatic rings. The Kier molecular flexibility index (Phi) is 6.99. The molecule has 1 N–H and O–H groups in total. The molecule has 0 spiro atoms. The average molecular weight is 287 g/mol. The van der Waals surface area contributed by atoms with Crippen LogP contribution in [0.15, 0.2) is 24.3 Å². The molecule has 0 amide bonds. The molecule has 1 heterocycles. The Morgan fingerprint density at radius 3 is 2.74 bits per heavy atom. The van der Waals surface area contributed by atoms with Crippen LogP contribution < -0.4 is 14.8 Å².